The topological polar surface area (TPSA) is 41.3 Å². The minimum absolute atomic E-state index is 0.745. The van der Waals surface area contributed by atoms with Gasteiger partial charge in [-0.1, -0.05) is 26.0 Å². The van der Waals surface area contributed by atoms with Gasteiger partial charge in [0.1, 0.15) is 0 Å². The Bertz CT molecular complexity index is 304. The molecule has 18 heavy (non-hydrogen) atoms. The minimum Gasteiger partial charge on any atom is -0.385 e. The molecule has 0 spiro atoms. The van der Waals surface area contributed by atoms with E-state index in [-0.39, 0.29) is 0 Å². The van der Waals surface area contributed by atoms with Gasteiger partial charge in [0.2, 0.25) is 0 Å². The van der Waals surface area contributed by atoms with Gasteiger partial charge < -0.3 is 16.0 Å². The van der Waals surface area contributed by atoms with Crippen molar-refractivity contribution in [1.29, 1.82) is 0 Å². The van der Waals surface area contributed by atoms with Crippen LogP contribution in [0.5, 0.6) is 0 Å². The molecular weight excluding hydrogens is 222 g/mol. The van der Waals surface area contributed by atoms with E-state index in [1.54, 1.807) is 0 Å². The summed E-state index contributed by atoms with van der Waals surface area (Å²) in [6, 6.07) is 8.75. The Morgan fingerprint density at radius 2 is 1.78 bits per heavy atom. The normalized spacial score (nSPS) is 10.9. The highest BCUT2D eigenvalue weighted by molar-refractivity contribution is 5.44. The van der Waals surface area contributed by atoms with Crippen LogP contribution >= 0.6 is 0 Å². The number of hydrogen-bond acceptors (Lipinski definition) is 3. The monoisotopic (exact) mass is 249 g/mol. The van der Waals surface area contributed by atoms with Crippen LogP contribution in [-0.2, 0) is 6.42 Å². The summed E-state index contributed by atoms with van der Waals surface area (Å²) in [6.45, 7) is 9.55. The van der Waals surface area contributed by atoms with Crippen molar-refractivity contribution < 1.29 is 0 Å². The lowest BCUT2D eigenvalue weighted by molar-refractivity contribution is 0.308. The number of nitrogens with zero attached hydrogens (tertiary/aromatic N) is 1. The third-order valence-corrected chi connectivity index (χ3v) is 3.28. The van der Waals surface area contributed by atoms with E-state index in [0.717, 1.165) is 45.6 Å². The van der Waals surface area contributed by atoms with Crippen molar-refractivity contribution in [3.05, 3.63) is 29.8 Å². The van der Waals surface area contributed by atoms with Gasteiger partial charge >= 0.3 is 0 Å². The zero-order valence-electron chi connectivity index (χ0n) is 11.8. The summed E-state index contributed by atoms with van der Waals surface area (Å²) < 4.78 is 0. The largest absolute Gasteiger partial charge is 0.385 e. The zero-order valence-corrected chi connectivity index (χ0v) is 11.8. The molecule has 3 N–H and O–H groups in total. The summed E-state index contributed by atoms with van der Waals surface area (Å²) >= 11 is 0. The first kappa shape index (κ1) is 15.0. The molecule has 3 heteroatoms. The third kappa shape index (κ3) is 5.52. The van der Waals surface area contributed by atoms with Crippen LogP contribution in [0.15, 0.2) is 24.3 Å². The van der Waals surface area contributed by atoms with Gasteiger partial charge in [-0.05, 0) is 50.2 Å². The lowest BCUT2D eigenvalue weighted by atomic mass is 10.1. The quantitative estimate of drug-likeness (QED) is 0.660. The predicted octanol–water partition coefficient (Wildman–Crippen LogP) is 2.33. The molecule has 0 aliphatic rings. The molecule has 1 rings (SSSR count). The summed E-state index contributed by atoms with van der Waals surface area (Å²) in [5.41, 5.74) is 8.06. The van der Waals surface area contributed by atoms with E-state index in [0.29, 0.717) is 0 Å². The van der Waals surface area contributed by atoms with Gasteiger partial charge in [0.25, 0.3) is 0 Å². The van der Waals surface area contributed by atoms with Crippen molar-refractivity contribution in [1.82, 2.24) is 4.90 Å². The standard InChI is InChI=1S/C15H27N3/c1-3-18(4-2)13-10-14-6-8-15(9-7-14)17-12-5-11-16/h6-9,17H,3-5,10-13,16H2,1-2H3. The maximum Gasteiger partial charge on any atom is 0.0340 e. The molecule has 0 bridgehead atoms. The molecule has 0 aliphatic heterocycles. The van der Waals surface area contributed by atoms with Crippen molar-refractivity contribution in [3.63, 3.8) is 0 Å². The maximum atomic E-state index is 5.47. The van der Waals surface area contributed by atoms with Crippen LogP contribution in [0.1, 0.15) is 25.8 Å². The second-order valence-corrected chi connectivity index (χ2v) is 4.54. The fourth-order valence-corrected chi connectivity index (χ4v) is 1.95. The number of nitrogens with two attached hydrogens (primary N) is 1. The Kier molecular flexibility index (Phi) is 7.46. The lowest BCUT2D eigenvalue weighted by Gasteiger charge is -2.17. The fraction of sp³-hybridized carbons (Fsp3) is 0.600. The van der Waals surface area contributed by atoms with E-state index in [9.17, 15) is 0 Å². The van der Waals surface area contributed by atoms with Crippen molar-refractivity contribution in [3.8, 4) is 0 Å². The molecule has 1 aromatic rings. The fourth-order valence-electron chi connectivity index (χ4n) is 1.95. The molecule has 0 saturated carbocycles. The SMILES string of the molecule is CCN(CC)CCc1ccc(NCCCN)cc1. The molecule has 0 aromatic heterocycles. The highest BCUT2D eigenvalue weighted by Crippen LogP contribution is 2.10. The Morgan fingerprint density at radius 3 is 2.33 bits per heavy atom. The Balaban J connectivity index is 2.35. The van der Waals surface area contributed by atoms with E-state index < -0.39 is 0 Å². The molecule has 1 aromatic carbocycles. The van der Waals surface area contributed by atoms with Gasteiger partial charge in [-0.3, -0.25) is 0 Å². The van der Waals surface area contributed by atoms with E-state index in [4.69, 9.17) is 5.73 Å². The van der Waals surface area contributed by atoms with Crippen molar-refractivity contribution in [2.75, 3.05) is 38.0 Å². The number of benzene rings is 1. The smallest absolute Gasteiger partial charge is 0.0340 e. The first-order chi connectivity index (χ1) is 8.80. The van der Waals surface area contributed by atoms with E-state index in [1.807, 2.05) is 0 Å². The molecule has 0 fully saturated rings. The second-order valence-electron chi connectivity index (χ2n) is 4.54. The molecule has 0 amide bonds. The molecule has 3 nitrogen and oxygen atoms in total. The van der Waals surface area contributed by atoms with Crippen molar-refractivity contribution in [2.45, 2.75) is 26.7 Å². The van der Waals surface area contributed by atoms with Gasteiger partial charge in [-0.25, -0.2) is 0 Å². The van der Waals surface area contributed by atoms with Crippen LogP contribution in [0.3, 0.4) is 0 Å². The van der Waals surface area contributed by atoms with Gasteiger partial charge in [-0.2, -0.15) is 0 Å². The average molecular weight is 249 g/mol. The average Bonchev–Trinajstić information content (AvgIpc) is 2.42. The van der Waals surface area contributed by atoms with Gasteiger partial charge in [0.15, 0.2) is 0 Å². The van der Waals surface area contributed by atoms with Crippen LogP contribution in [0.2, 0.25) is 0 Å². The number of likely N-dealkylation sites (N-methyl/N-ethyl adjacent to an activating group) is 1. The van der Waals surface area contributed by atoms with E-state index in [2.05, 4.69) is 48.3 Å². The molecule has 0 atom stereocenters. The molecule has 0 aliphatic carbocycles. The molecular formula is C15H27N3. The van der Waals surface area contributed by atoms with Gasteiger partial charge in [-0.15, -0.1) is 0 Å². The number of hydrogen-bond donors (Lipinski definition) is 2. The molecule has 0 radical (unpaired) electrons. The Labute approximate surface area is 111 Å². The van der Waals surface area contributed by atoms with Crippen LogP contribution < -0.4 is 11.1 Å². The second kappa shape index (κ2) is 8.95. The molecule has 0 heterocycles. The number of anilines is 1. The minimum atomic E-state index is 0.745. The first-order valence-corrected chi connectivity index (χ1v) is 7.05. The summed E-state index contributed by atoms with van der Waals surface area (Å²) in [4.78, 5) is 2.45. The van der Waals surface area contributed by atoms with Crippen molar-refractivity contribution >= 4 is 5.69 Å². The first-order valence-electron chi connectivity index (χ1n) is 7.05. The Morgan fingerprint density at radius 1 is 1.11 bits per heavy atom. The van der Waals surface area contributed by atoms with Crippen LogP contribution in [-0.4, -0.2) is 37.6 Å². The predicted molar refractivity (Wildman–Crippen MR) is 80.1 cm³/mol. The summed E-state index contributed by atoms with van der Waals surface area (Å²) in [7, 11) is 0. The van der Waals surface area contributed by atoms with Gasteiger partial charge in [0, 0.05) is 18.8 Å². The van der Waals surface area contributed by atoms with Crippen LogP contribution in [0.4, 0.5) is 5.69 Å². The van der Waals surface area contributed by atoms with E-state index >= 15 is 0 Å². The third-order valence-electron chi connectivity index (χ3n) is 3.28. The highest BCUT2D eigenvalue weighted by Gasteiger charge is 2.00. The Hall–Kier alpha value is -1.06. The summed E-state index contributed by atoms with van der Waals surface area (Å²) in [5.74, 6) is 0. The number of rotatable bonds is 9. The van der Waals surface area contributed by atoms with Crippen LogP contribution in [0, 0.1) is 0 Å². The summed E-state index contributed by atoms with van der Waals surface area (Å²) in [6.07, 6.45) is 2.15. The molecule has 0 unspecified atom stereocenters. The molecule has 102 valence electrons. The highest BCUT2D eigenvalue weighted by atomic mass is 15.1. The van der Waals surface area contributed by atoms with Crippen molar-refractivity contribution in [2.24, 2.45) is 5.73 Å². The summed E-state index contributed by atoms with van der Waals surface area (Å²) in [5, 5.41) is 3.37. The maximum absolute atomic E-state index is 5.47. The van der Waals surface area contributed by atoms with Gasteiger partial charge in [0.05, 0.1) is 0 Å². The lowest BCUT2D eigenvalue weighted by Crippen LogP contribution is -2.25. The number of nitrogens with one attached hydrogen (secondary N) is 1. The van der Waals surface area contributed by atoms with Crippen LogP contribution in [0.25, 0.3) is 0 Å². The van der Waals surface area contributed by atoms with E-state index in [1.165, 1.54) is 11.3 Å². The zero-order chi connectivity index (χ0) is 13.2. The molecule has 0 saturated heterocycles.